The van der Waals surface area contributed by atoms with Gasteiger partial charge in [0.15, 0.2) is 6.10 Å². The summed E-state index contributed by atoms with van der Waals surface area (Å²) in [6.07, 6.45) is 60.3. The zero-order chi connectivity index (χ0) is 46.7. The third-order valence-electron chi connectivity index (χ3n) is 11.4. The largest absolute Gasteiger partial charge is 0.472 e. The SMILES string of the molecule is CCCCC/C=C\CCCCCCCC(=O)OCC(COP(=O)(O)OCCN)OC(=O)CCCCCCCCCCCCCCCCCC/C=C\C/C=C\C/C=C\CCCCCCC. The van der Waals surface area contributed by atoms with Gasteiger partial charge in [-0.1, -0.05) is 210 Å². The summed E-state index contributed by atoms with van der Waals surface area (Å²) in [7, 11) is -4.38. The molecule has 2 unspecified atom stereocenters. The Bertz CT molecular complexity index is 1190. The van der Waals surface area contributed by atoms with Crippen LogP contribution in [0.4, 0.5) is 0 Å². The number of nitrogens with two attached hydrogens (primary N) is 1. The molecule has 0 aromatic carbocycles. The molecule has 0 aliphatic carbocycles. The maximum Gasteiger partial charge on any atom is 0.472 e. The number of carbonyl (C=O) groups is 2. The molecular formula is C54H100NO8P. The molecular weight excluding hydrogens is 822 g/mol. The molecule has 374 valence electrons. The van der Waals surface area contributed by atoms with Crippen molar-refractivity contribution in [1.29, 1.82) is 0 Å². The lowest BCUT2D eigenvalue weighted by Gasteiger charge is -2.19. The van der Waals surface area contributed by atoms with Crippen molar-refractivity contribution >= 4 is 19.8 Å². The van der Waals surface area contributed by atoms with Crippen LogP contribution in [0.3, 0.4) is 0 Å². The first kappa shape index (κ1) is 62.0. The van der Waals surface area contributed by atoms with Crippen LogP contribution in [0, 0.1) is 0 Å². The Morgan fingerprint density at radius 3 is 1.25 bits per heavy atom. The summed E-state index contributed by atoms with van der Waals surface area (Å²) in [5, 5.41) is 0. The number of esters is 2. The minimum atomic E-state index is -4.38. The summed E-state index contributed by atoms with van der Waals surface area (Å²) in [5.41, 5.74) is 5.36. The van der Waals surface area contributed by atoms with E-state index in [4.69, 9.17) is 24.3 Å². The van der Waals surface area contributed by atoms with Crippen LogP contribution < -0.4 is 5.73 Å². The van der Waals surface area contributed by atoms with E-state index in [1.165, 1.54) is 148 Å². The normalized spacial score (nSPS) is 13.5. The van der Waals surface area contributed by atoms with Gasteiger partial charge in [0.1, 0.15) is 6.61 Å². The highest BCUT2D eigenvalue weighted by Crippen LogP contribution is 2.43. The second-order valence-corrected chi connectivity index (χ2v) is 19.2. The zero-order valence-electron chi connectivity index (χ0n) is 41.5. The monoisotopic (exact) mass is 922 g/mol. The highest BCUT2D eigenvalue weighted by Gasteiger charge is 2.26. The number of hydrogen-bond acceptors (Lipinski definition) is 8. The molecule has 2 atom stereocenters. The van der Waals surface area contributed by atoms with Crippen LogP contribution in [-0.2, 0) is 32.7 Å². The first-order valence-electron chi connectivity index (χ1n) is 26.6. The number of unbranched alkanes of at least 4 members (excludes halogenated alkanes) is 29. The molecule has 64 heavy (non-hydrogen) atoms. The Morgan fingerprint density at radius 2 is 0.812 bits per heavy atom. The van der Waals surface area contributed by atoms with Crippen molar-refractivity contribution in [1.82, 2.24) is 0 Å². The quantitative estimate of drug-likeness (QED) is 0.0265. The maximum absolute atomic E-state index is 12.6. The van der Waals surface area contributed by atoms with E-state index < -0.39 is 26.5 Å². The van der Waals surface area contributed by atoms with Crippen molar-refractivity contribution in [2.24, 2.45) is 5.73 Å². The van der Waals surface area contributed by atoms with Gasteiger partial charge in [-0.2, -0.15) is 0 Å². The highest BCUT2D eigenvalue weighted by molar-refractivity contribution is 7.47. The highest BCUT2D eigenvalue weighted by atomic mass is 31.2. The minimum absolute atomic E-state index is 0.0523. The molecule has 0 aliphatic rings. The number of rotatable bonds is 50. The molecule has 0 bridgehead atoms. The van der Waals surface area contributed by atoms with Crippen LogP contribution in [0.1, 0.15) is 251 Å². The molecule has 0 saturated carbocycles. The lowest BCUT2D eigenvalue weighted by molar-refractivity contribution is -0.161. The van der Waals surface area contributed by atoms with Gasteiger partial charge in [0.25, 0.3) is 0 Å². The van der Waals surface area contributed by atoms with Gasteiger partial charge >= 0.3 is 19.8 Å². The molecule has 0 saturated heterocycles. The van der Waals surface area contributed by atoms with Gasteiger partial charge in [-0.3, -0.25) is 18.6 Å². The van der Waals surface area contributed by atoms with Gasteiger partial charge < -0.3 is 20.1 Å². The molecule has 0 fully saturated rings. The van der Waals surface area contributed by atoms with Crippen molar-refractivity contribution < 1.29 is 37.6 Å². The van der Waals surface area contributed by atoms with Crippen LogP contribution in [0.5, 0.6) is 0 Å². The average Bonchev–Trinajstić information content (AvgIpc) is 3.28. The van der Waals surface area contributed by atoms with Gasteiger partial charge in [-0.25, -0.2) is 4.57 Å². The Labute approximate surface area is 394 Å². The summed E-state index contributed by atoms with van der Waals surface area (Å²) in [5.74, 6) is -0.833. The van der Waals surface area contributed by atoms with Gasteiger partial charge in [0.2, 0.25) is 0 Å². The molecule has 3 N–H and O–H groups in total. The van der Waals surface area contributed by atoms with Crippen LogP contribution in [0.25, 0.3) is 0 Å². The second kappa shape index (κ2) is 50.4. The number of phosphoric acid groups is 1. The van der Waals surface area contributed by atoms with Crippen molar-refractivity contribution in [2.45, 2.75) is 258 Å². The van der Waals surface area contributed by atoms with Crippen LogP contribution in [0.15, 0.2) is 48.6 Å². The van der Waals surface area contributed by atoms with E-state index >= 15 is 0 Å². The molecule has 0 radical (unpaired) electrons. The summed E-state index contributed by atoms with van der Waals surface area (Å²) >= 11 is 0. The molecule has 9 nitrogen and oxygen atoms in total. The standard InChI is InChI=1S/C54H100NO8P/c1-3-5-7-9-11-13-15-17-18-19-20-21-22-23-24-25-26-27-28-29-30-31-32-33-34-35-37-39-41-43-45-47-54(57)63-52(51-62-64(58,59)61-49-48-55)50-60-53(56)46-44-42-40-38-36-16-14-12-10-8-6-4-2/h12,14-15,17,19-20,22-23,52H,3-11,13,16,18,21,24-51,55H2,1-2H3,(H,58,59)/b14-12-,17-15-,20-19-,23-22-. The van der Waals surface area contributed by atoms with Gasteiger partial charge in [-0.05, 0) is 77.0 Å². The smallest absolute Gasteiger partial charge is 0.462 e. The van der Waals surface area contributed by atoms with Crippen LogP contribution >= 0.6 is 7.82 Å². The Balaban J connectivity index is 3.90. The molecule has 0 heterocycles. The summed E-state index contributed by atoms with van der Waals surface area (Å²) < 4.78 is 32.9. The van der Waals surface area contributed by atoms with E-state index in [0.717, 1.165) is 70.6 Å². The molecule has 0 rings (SSSR count). The molecule has 0 aliphatic heterocycles. The molecule has 0 amide bonds. The number of hydrogen-bond donors (Lipinski definition) is 2. The lowest BCUT2D eigenvalue weighted by Crippen LogP contribution is -2.29. The first-order chi connectivity index (χ1) is 31.3. The maximum atomic E-state index is 12.6. The van der Waals surface area contributed by atoms with Crippen LogP contribution in [0.2, 0.25) is 0 Å². The number of allylic oxidation sites excluding steroid dienone is 8. The van der Waals surface area contributed by atoms with Gasteiger partial charge in [-0.15, -0.1) is 0 Å². The van der Waals surface area contributed by atoms with Crippen molar-refractivity contribution in [3.05, 3.63) is 48.6 Å². The Morgan fingerprint density at radius 1 is 0.469 bits per heavy atom. The van der Waals surface area contributed by atoms with E-state index in [2.05, 4.69) is 62.5 Å². The minimum Gasteiger partial charge on any atom is -0.462 e. The molecule has 10 heteroatoms. The van der Waals surface area contributed by atoms with E-state index in [9.17, 15) is 19.0 Å². The van der Waals surface area contributed by atoms with Crippen LogP contribution in [-0.4, -0.2) is 49.3 Å². The Hall–Kier alpha value is -2.03. The summed E-state index contributed by atoms with van der Waals surface area (Å²) in [4.78, 5) is 35.0. The first-order valence-corrected chi connectivity index (χ1v) is 28.1. The summed E-state index contributed by atoms with van der Waals surface area (Å²) in [6, 6.07) is 0. The zero-order valence-corrected chi connectivity index (χ0v) is 42.4. The fourth-order valence-corrected chi connectivity index (χ4v) is 8.23. The van der Waals surface area contributed by atoms with E-state index in [0.29, 0.717) is 6.42 Å². The van der Waals surface area contributed by atoms with E-state index in [1.54, 1.807) is 0 Å². The van der Waals surface area contributed by atoms with Crippen molar-refractivity contribution in [3.8, 4) is 0 Å². The molecule has 0 aromatic heterocycles. The third-order valence-corrected chi connectivity index (χ3v) is 12.4. The second-order valence-electron chi connectivity index (χ2n) is 17.7. The number of ether oxygens (including phenoxy) is 2. The predicted molar refractivity (Wildman–Crippen MR) is 270 cm³/mol. The van der Waals surface area contributed by atoms with E-state index in [-0.39, 0.29) is 38.6 Å². The fraction of sp³-hybridized carbons (Fsp3) is 0.815. The summed E-state index contributed by atoms with van der Waals surface area (Å²) in [6.45, 7) is 3.71. The van der Waals surface area contributed by atoms with Gasteiger partial charge in [0.05, 0.1) is 13.2 Å². The van der Waals surface area contributed by atoms with E-state index in [1.807, 2.05) is 0 Å². The topological polar surface area (TPSA) is 134 Å². The average molecular weight is 922 g/mol. The fourth-order valence-electron chi connectivity index (χ4n) is 7.46. The number of phosphoric ester groups is 1. The predicted octanol–water partition coefficient (Wildman–Crippen LogP) is 16.2. The Kier molecular flexibility index (Phi) is 48.8. The number of carbonyl (C=O) groups excluding carboxylic acids is 2. The van der Waals surface area contributed by atoms with Crippen molar-refractivity contribution in [3.63, 3.8) is 0 Å². The molecule has 0 spiro atoms. The third kappa shape index (κ3) is 49.4. The van der Waals surface area contributed by atoms with Crippen molar-refractivity contribution in [2.75, 3.05) is 26.4 Å². The molecule has 0 aromatic rings. The lowest BCUT2D eigenvalue weighted by atomic mass is 10.0. The van der Waals surface area contributed by atoms with Gasteiger partial charge in [0, 0.05) is 19.4 Å².